The maximum atomic E-state index is 14.7. The molecule has 13 nitrogen and oxygen atoms in total. The lowest BCUT2D eigenvalue weighted by molar-refractivity contribution is -0.192. The number of carboxylic acids is 1. The Morgan fingerprint density at radius 2 is 1.26 bits per heavy atom. The molecule has 1 aromatic heterocycles. The zero-order chi connectivity index (χ0) is 51.7. The van der Waals surface area contributed by atoms with Crippen LogP contribution in [0.4, 0.5) is 27.1 Å². The number of esters is 1. The first kappa shape index (κ1) is 51.9. The van der Waals surface area contributed by atoms with Crippen LogP contribution in [0.3, 0.4) is 0 Å². The fourth-order valence-electron chi connectivity index (χ4n) is 8.94. The van der Waals surface area contributed by atoms with Gasteiger partial charge in [0.15, 0.2) is 16.9 Å². The average Bonchev–Trinajstić information content (AvgIpc) is 4.13. The first-order valence-corrected chi connectivity index (χ1v) is 24.9. The monoisotopic (exact) mass is 1040 g/mol. The number of oxime groups is 1. The molecular weight excluding hydrogens is 992 g/mol. The van der Waals surface area contributed by atoms with Gasteiger partial charge in [-0.05, 0) is 66.2 Å². The predicted molar refractivity (Wildman–Crippen MR) is 265 cm³/mol. The molecule has 0 bridgehead atoms. The van der Waals surface area contributed by atoms with E-state index < -0.39 is 65.3 Å². The van der Waals surface area contributed by atoms with Crippen molar-refractivity contribution in [2.45, 2.75) is 61.7 Å². The predicted octanol–water partition coefficient (Wildman–Crippen LogP) is 9.59. The summed E-state index contributed by atoms with van der Waals surface area (Å²) in [6.07, 6.45) is -3.80. The molecule has 73 heavy (non-hydrogen) atoms. The van der Waals surface area contributed by atoms with Crippen molar-refractivity contribution in [1.82, 2.24) is 20.1 Å². The highest BCUT2D eigenvalue weighted by Crippen LogP contribution is 2.44. The van der Waals surface area contributed by atoms with Crippen molar-refractivity contribution in [3.8, 4) is 0 Å². The summed E-state index contributed by atoms with van der Waals surface area (Å²) >= 11 is 2.56. The normalized spacial score (nSPS) is 17.5. The minimum Gasteiger partial charge on any atom is -0.475 e. The lowest BCUT2D eigenvalue weighted by Crippen LogP contribution is -2.71. The maximum absolute atomic E-state index is 14.7. The van der Waals surface area contributed by atoms with Gasteiger partial charge in [-0.1, -0.05) is 157 Å². The fourth-order valence-corrected chi connectivity index (χ4v) is 11.1. The molecule has 0 spiro atoms. The largest absolute Gasteiger partial charge is 0.490 e. The number of carboxylic acid groups (broad SMARTS) is 1. The molecule has 4 heterocycles. The van der Waals surface area contributed by atoms with E-state index in [4.69, 9.17) is 19.6 Å². The van der Waals surface area contributed by atoms with Crippen LogP contribution in [0.2, 0.25) is 0 Å². The van der Waals surface area contributed by atoms with E-state index in [1.54, 1.807) is 0 Å². The first-order valence-electron chi connectivity index (χ1n) is 22.9. The smallest absolute Gasteiger partial charge is 0.475 e. The summed E-state index contributed by atoms with van der Waals surface area (Å²) in [6, 6.07) is 47.0. The van der Waals surface area contributed by atoms with E-state index in [0.717, 1.165) is 70.7 Å². The van der Waals surface area contributed by atoms with Gasteiger partial charge in [0.25, 0.3) is 11.8 Å². The molecule has 6 aromatic rings. The van der Waals surface area contributed by atoms with Crippen molar-refractivity contribution in [3.05, 3.63) is 202 Å². The van der Waals surface area contributed by atoms with E-state index in [-0.39, 0.29) is 17.4 Å². The number of halogens is 5. The van der Waals surface area contributed by atoms with E-state index >= 15 is 0 Å². The van der Waals surface area contributed by atoms with Gasteiger partial charge in [-0.15, -0.1) is 23.1 Å². The Morgan fingerprint density at radius 1 is 0.781 bits per heavy atom. The van der Waals surface area contributed by atoms with Crippen LogP contribution in [-0.4, -0.2) is 98.4 Å². The van der Waals surface area contributed by atoms with Crippen molar-refractivity contribution in [1.29, 1.82) is 0 Å². The number of β-lactam (4-membered cyclic amide) rings is 1. The number of amides is 2. The molecule has 3 aliphatic rings. The first-order chi connectivity index (χ1) is 35.2. The fraction of sp³-hybridized carbons (Fsp3) is 0.245. The number of nitrogens with one attached hydrogen (secondary N) is 2. The number of thiazole rings is 1. The molecule has 20 heteroatoms. The highest BCUT2D eigenvalue weighted by molar-refractivity contribution is 8.00. The number of aliphatic carboxylic acids is 1. The molecule has 0 aliphatic carbocycles. The number of anilines is 1. The lowest BCUT2D eigenvalue weighted by Gasteiger charge is -2.50. The van der Waals surface area contributed by atoms with Gasteiger partial charge in [0.05, 0.1) is 0 Å². The van der Waals surface area contributed by atoms with Gasteiger partial charge in [0, 0.05) is 17.2 Å². The van der Waals surface area contributed by atoms with Gasteiger partial charge in [0.2, 0.25) is 0 Å². The zero-order valence-electron chi connectivity index (χ0n) is 38.8. The molecule has 3 atom stereocenters. The molecule has 2 unspecified atom stereocenters. The van der Waals surface area contributed by atoms with Gasteiger partial charge < -0.3 is 25.3 Å². The Labute approximate surface area is 424 Å². The van der Waals surface area contributed by atoms with Crippen LogP contribution in [-0.2, 0) is 34.3 Å². The summed E-state index contributed by atoms with van der Waals surface area (Å²) in [6.45, 7) is 0.404. The molecule has 2 saturated heterocycles. The lowest BCUT2D eigenvalue weighted by atomic mass is 9.77. The van der Waals surface area contributed by atoms with Crippen molar-refractivity contribution in [3.63, 3.8) is 0 Å². The third kappa shape index (κ3) is 11.6. The van der Waals surface area contributed by atoms with Crippen LogP contribution in [0.25, 0.3) is 0 Å². The van der Waals surface area contributed by atoms with Crippen LogP contribution in [0, 0.1) is 0 Å². The standard InChI is InChI=1S/C51H46F2N6O5S2.C2HF3O2/c1-33(58-29-17-18-30-58)39-31-65-47-42(46(61)59(47)43(39)48(62)63-44(34-19-7-2-8-20-34)35-21-9-3-10-22-35)55-45(60)41(57-64-49(52)53)40-32-66-50(54-40)56-51(36-23-11-4-12-24-36,37-25-13-5-14-26-37)38-27-15-6-16-28-38;3-2(4,5)1(6)7/h2-16,19-28,32-33,42,44,47,49H,17-18,29-31H2,1H3,(H,54,56)(H,55,60);(H,6,7)/t33?,42?,47-;/m0./s1. The minimum atomic E-state index is -5.08. The van der Waals surface area contributed by atoms with Crippen LogP contribution in [0.15, 0.2) is 173 Å². The molecule has 3 N–H and O–H groups in total. The molecule has 3 aliphatic heterocycles. The highest BCUT2D eigenvalue weighted by Gasteiger charge is 2.56. The number of thioether (sulfide) groups is 1. The summed E-state index contributed by atoms with van der Waals surface area (Å²) in [5.74, 6) is -4.54. The molecule has 2 fully saturated rings. The molecule has 2 amide bonds. The number of fused-ring (bicyclic) bond motifs is 1. The second-order valence-electron chi connectivity index (χ2n) is 16.9. The molecule has 0 saturated carbocycles. The number of alkyl halides is 5. The van der Waals surface area contributed by atoms with Crippen molar-refractivity contribution in [2.75, 3.05) is 24.2 Å². The number of carbonyl (C=O) groups excluding carboxylic acids is 3. The van der Waals surface area contributed by atoms with Crippen molar-refractivity contribution in [2.24, 2.45) is 5.16 Å². The second kappa shape index (κ2) is 23.0. The van der Waals surface area contributed by atoms with Crippen LogP contribution < -0.4 is 10.6 Å². The van der Waals surface area contributed by atoms with E-state index in [0.29, 0.717) is 10.9 Å². The number of nitrogens with zero attached hydrogens (tertiary/aromatic N) is 4. The molecular formula is C53H47F5N6O7S2. The number of rotatable bonds is 16. The maximum Gasteiger partial charge on any atom is 0.490 e. The number of benzene rings is 5. The van der Waals surface area contributed by atoms with Crippen molar-refractivity contribution >= 4 is 57.7 Å². The van der Waals surface area contributed by atoms with Crippen LogP contribution in [0.1, 0.15) is 59.4 Å². The number of hydrogen-bond acceptors (Lipinski definition) is 12. The average molecular weight is 1040 g/mol. The summed E-state index contributed by atoms with van der Waals surface area (Å²) in [4.78, 5) is 65.0. The topological polar surface area (TPSA) is 163 Å². The SMILES string of the molecule is CC(C1=C(C(=O)OC(c2ccccc2)c2ccccc2)N2C(=O)C(NC(=O)C(=NOC(F)F)c3csc(NC(c4ccccc4)(c4ccccc4)c4ccccc4)n3)[C@@H]2SC1)N1CCCC1.O=C(O)C(F)(F)F. The Morgan fingerprint density at radius 3 is 1.73 bits per heavy atom. The van der Waals surface area contributed by atoms with Gasteiger partial charge in [-0.3, -0.25) is 19.4 Å². The summed E-state index contributed by atoms with van der Waals surface area (Å²) < 4.78 is 65.3. The quantitative estimate of drug-likeness (QED) is 0.0211. The van der Waals surface area contributed by atoms with Crippen molar-refractivity contribution < 1.29 is 55.8 Å². The minimum absolute atomic E-state index is 0.0533. The Bertz CT molecular complexity index is 2790. The summed E-state index contributed by atoms with van der Waals surface area (Å²) in [5.41, 5.74) is 3.55. The number of ether oxygens (including phenoxy) is 1. The Kier molecular flexibility index (Phi) is 16.3. The molecule has 378 valence electrons. The zero-order valence-corrected chi connectivity index (χ0v) is 40.5. The summed E-state index contributed by atoms with van der Waals surface area (Å²) in [5, 5.41) is 18.2. The molecule has 5 aromatic carbocycles. The Balaban J connectivity index is 0.000000948. The highest BCUT2D eigenvalue weighted by atomic mass is 32.2. The number of hydrogen-bond donors (Lipinski definition) is 3. The third-order valence-electron chi connectivity index (χ3n) is 12.4. The van der Waals surface area contributed by atoms with E-state index in [2.05, 4.69) is 25.5 Å². The number of likely N-dealkylation sites (tertiary alicyclic amines) is 1. The van der Waals surface area contributed by atoms with E-state index in [1.165, 1.54) is 22.0 Å². The van der Waals surface area contributed by atoms with Gasteiger partial charge in [-0.25, -0.2) is 14.6 Å². The number of carbonyl (C=O) groups is 4. The van der Waals surface area contributed by atoms with Gasteiger partial charge in [-0.2, -0.15) is 22.0 Å². The summed E-state index contributed by atoms with van der Waals surface area (Å²) in [7, 11) is 0. The van der Waals surface area contributed by atoms with Crippen LogP contribution >= 0.6 is 23.1 Å². The van der Waals surface area contributed by atoms with Crippen LogP contribution in [0.5, 0.6) is 0 Å². The molecule has 0 radical (unpaired) electrons. The van der Waals surface area contributed by atoms with E-state index in [9.17, 15) is 36.3 Å². The van der Waals surface area contributed by atoms with E-state index in [1.807, 2.05) is 159 Å². The second-order valence-corrected chi connectivity index (χ2v) is 18.8. The Hall–Kier alpha value is -7.42. The van der Waals surface area contributed by atoms with Gasteiger partial charge >= 0.3 is 24.7 Å². The number of aromatic nitrogens is 1. The molecule has 9 rings (SSSR count). The van der Waals surface area contributed by atoms with Gasteiger partial charge in [0.1, 0.15) is 28.3 Å². The third-order valence-corrected chi connectivity index (χ3v) is 14.5.